The van der Waals surface area contributed by atoms with Gasteiger partial charge < -0.3 is 10.1 Å². The molecule has 0 aromatic rings. The fraction of sp³-hybridized carbons (Fsp3) is 0.917. The Labute approximate surface area is 108 Å². The Balaban J connectivity index is 2.24. The van der Waals surface area contributed by atoms with E-state index in [-0.39, 0.29) is 11.6 Å². The molecule has 0 aliphatic heterocycles. The number of rotatable bonds is 6. The van der Waals surface area contributed by atoms with E-state index in [1.165, 1.54) is 0 Å². The van der Waals surface area contributed by atoms with Crippen LogP contribution in [0.25, 0.3) is 10.4 Å². The summed E-state index contributed by atoms with van der Waals surface area (Å²) in [6.45, 7) is 6.09. The first-order valence-corrected chi connectivity index (χ1v) is 6.39. The molecule has 0 radical (unpaired) electrons. The van der Waals surface area contributed by atoms with Crippen LogP contribution in [0.3, 0.4) is 0 Å². The Bertz CT molecular complexity index is 338. The highest BCUT2D eigenvalue weighted by atomic mass is 16.6. The van der Waals surface area contributed by atoms with Gasteiger partial charge in [0.05, 0.1) is 0 Å². The first kappa shape index (κ1) is 14.6. The Morgan fingerprint density at radius 1 is 1.44 bits per heavy atom. The molecule has 18 heavy (non-hydrogen) atoms. The predicted octanol–water partition coefficient (Wildman–Crippen LogP) is 3.52. The molecule has 0 spiro atoms. The molecule has 6 nitrogen and oxygen atoms in total. The average Bonchev–Trinajstić information content (AvgIpc) is 2.95. The molecule has 1 N–H and O–H groups in total. The van der Waals surface area contributed by atoms with E-state index in [4.69, 9.17) is 10.3 Å². The lowest BCUT2D eigenvalue weighted by Gasteiger charge is -2.23. The molecule has 0 aromatic heterocycles. The number of alkyl carbamates (subject to hydrolysis) is 1. The Kier molecular flexibility index (Phi) is 4.84. The second kappa shape index (κ2) is 5.96. The molecule has 1 saturated carbocycles. The maximum atomic E-state index is 11.6. The minimum atomic E-state index is -0.457. The minimum Gasteiger partial charge on any atom is -0.444 e. The van der Waals surface area contributed by atoms with Crippen molar-refractivity contribution in [3.8, 4) is 0 Å². The van der Waals surface area contributed by atoms with E-state index >= 15 is 0 Å². The molecule has 0 heterocycles. The normalized spacial score (nSPS) is 16.6. The van der Waals surface area contributed by atoms with Gasteiger partial charge in [-0.05, 0) is 52.0 Å². The number of unbranched alkanes of at least 4 members (excludes halogenated alkanes) is 1. The summed E-state index contributed by atoms with van der Waals surface area (Å²) in [6, 6.07) is 0. The summed E-state index contributed by atoms with van der Waals surface area (Å²) in [5.74, 6) is 0. The van der Waals surface area contributed by atoms with Crippen LogP contribution in [0.1, 0.15) is 52.9 Å². The number of hydrogen-bond donors (Lipinski definition) is 1. The maximum absolute atomic E-state index is 11.6. The maximum Gasteiger partial charge on any atom is 0.408 e. The summed E-state index contributed by atoms with van der Waals surface area (Å²) in [5.41, 5.74) is 7.62. The van der Waals surface area contributed by atoms with Crippen LogP contribution in [-0.4, -0.2) is 23.8 Å². The second-order valence-electron chi connectivity index (χ2n) is 5.82. The van der Waals surface area contributed by atoms with Crippen LogP contribution in [-0.2, 0) is 4.74 Å². The van der Waals surface area contributed by atoms with E-state index in [0.717, 1.165) is 32.1 Å². The molecule has 1 rings (SSSR count). The van der Waals surface area contributed by atoms with E-state index in [1.54, 1.807) is 0 Å². The largest absolute Gasteiger partial charge is 0.444 e. The number of nitrogens with one attached hydrogen (secondary N) is 1. The fourth-order valence-corrected chi connectivity index (χ4v) is 1.80. The summed E-state index contributed by atoms with van der Waals surface area (Å²) >= 11 is 0. The van der Waals surface area contributed by atoms with Gasteiger partial charge in [-0.2, -0.15) is 0 Å². The van der Waals surface area contributed by atoms with Crippen LogP contribution in [0.2, 0.25) is 0 Å². The van der Waals surface area contributed by atoms with Crippen LogP contribution in [0.5, 0.6) is 0 Å². The Morgan fingerprint density at radius 3 is 2.61 bits per heavy atom. The highest BCUT2D eigenvalue weighted by molar-refractivity contribution is 5.69. The monoisotopic (exact) mass is 254 g/mol. The number of ether oxygens (including phenoxy) is 1. The van der Waals surface area contributed by atoms with Gasteiger partial charge in [-0.15, -0.1) is 0 Å². The molecule has 0 unspecified atom stereocenters. The average molecular weight is 254 g/mol. The van der Waals surface area contributed by atoms with Gasteiger partial charge in [-0.1, -0.05) is 11.5 Å². The predicted molar refractivity (Wildman–Crippen MR) is 69.2 cm³/mol. The molecule has 1 fully saturated rings. The van der Waals surface area contributed by atoms with Crippen molar-refractivity contribution in [1.29, 1.82) is 0 Å². The van der Waals surface area contributed by atoms with Gasteiger partial charge in [0.25, 0.3) is 0 Å². The van der Waals surface area contributed by atoms with Crippen molar-refractivity contribution >= 4 is 6.09 Å². The Hall–Kier alpha value is -1.42. The zero-order chi connectivity index (χ0) is 13.6. The van der Waals surface area contributed by atoms with Crippen LogP contribution in [0, 0.1) is 0 Å². The molecule has 0 aromatic carbocycles. The topological polar surface area (TPSA) is 87.1 Å². The van der Waals surface area contributed by atoms with E-state index in [2.05, 4.69) is 15.3 Å². The fourth-order valence-electron chi connectivity index (χ4n) is 1.80. The lowest BCUT2D eigenvalue weighted by atomic mass is 10.1. The van der Waals surface area contributed by atoms with Crippen molar-refractivity contribution in [2.75, 3.05) is 6.54 Å². The van der Waals surface area contributed by atoms with Gasteiger partial charge in [0, 0.05) is 17.0 Å². The first-order valence-electron chi connectivity index (χ1n) is 6.39. The number of azide groups is 1. The van der Waals surface area contributed by atoms with E-state index in [9.17, 15) is 4.79 Å². The smallest absolute Gasteiger partial charge is 0.408 e. The van der Waals surface area contributed by atoms with E-state index < -0.39 is 5.60 Å². The quantitative estimate of drug-likeness (QED) is 0.340. The standard InChI is InChI=1S/C12H22N4O2/c1-11(2,3)18-10(17)15-12(7-8-12)6-4-5-9-14-16-13/h4-9H2,1-3H3,(H,15,17). The molecule has 1 aliphatic carbocycles. The van der Waals surface area contributed by atoms with Crippen molar-refractivity contribution in [2.45, 2.75) is 64.0 Å². The van der Waals surface area contributed by atoms with Crippen molar-refractivity contribution in [2.24, 2.45) is 5.11 Å². The molecular formula is C12H22N4O2. The zero-order valence-electron chi connectivity index (χ0n) is 11.4. The lowest BCUT2D eigenvalue weighted by Crippen LogP contribution is -2.40. The third-order valence-corrected chi connectivity index (χ3v) is 2.85. The molecule has 0 atom stereocenters. The van der Waals surface area contributed by atoms with Gasteiger partial charge in [-0.25, -0.2) is 4.79 Å². The number of hydrogen-bond acceptors (Lipinski definition) is 3. The van der Waals surface area contributed by atoms with Crippen molar-refractivity contribution in [3.05, 3.63) is 10.4 Å². The van der Waals surface area contributed by atoms with Gasteiger partial charge in [-0.3, -0.25) is 0 Å². The van der Waals surface area contributed by atoms with Crippen LogP contribution >= 0.6 is 0 Å². The number of carbonyl (C=O) groups excluding carboxylic acids is 1. The lowest BCUT2D eigenvalue weighted by molar-refractivity contribution is 0.0493. The third-order valence-electron chi connectivity index (χ3n) is 2.85. The van der Waals surface area contributed by atoms with Crippen molar-refractivity contribution in [1.82, 2.24) is 5.32 Å². The first-order chi connectivity index (χ1) is 8.37. The van der Waals surface area contributed by atoms with E-state index in [1.807, 2.05) is 20.8 Å². The summed E-state index contributed by atoms with van der Waals surface area (Å²) in [7, 11) is 0. The molecule has 0 saturated heterocycles. The summed E-state index contributed by atoms with van der Waals surface area (Å²) in [6.07, 6.45) is 4.42. The third kappa shape index (κ3) is 5.77. The van der Waals surface area contributed by atoms with Crippen LogP contribution in [0.4, 0.5) is 4.79 Å². The summed E-state index contributed by atoms with van der Waals surface area (Å²) < 4.78 is 5.24. The van der Waals surface area contributed by atoms with Gasteiger partial charge in [0.1, 0.15) is 5.60 Å². The second-order valence-corrected chi connectivity index (χ2v) is 5.82. The van der Waals surface area contributed by atoms with Crippen molar-refractivity contribution < 1.29 is 9.53 Å². The Morgan fingerprint density at radius 2 is 2.11 bits per heavy atom. The van der Waals surface area contributed by atoms with Gasteiger partial charge in [0.2, 0.25) is 0 Å². The van der Waals surface area contributed by atoms with Gasteiger partial charge >= 0.3 is 6.09 Å². The van der Waals surface area contributed by atoms with Crippen LogP contribution in [0.15, 0.2) is 5.11 Å². The highest BCUT2D eigenvalue weighted by Gasteiger charge is 2.44. The van der Waals surface area contributed by atoms with Crippen LogP contribution < -0.4 is 5.32 Å². The molecule has 1 amide bonds. The molecule has 0 bridgehead atoms. The number of amides is 1. The molecule has 6 heteroatoms. The van der Waals surface area contributed by atoms with Gasteiger partial charge in [0.15, 0.2) is 0 Å². The zero-order valence-corrected chi connectivity index (χ0v) is 11.4. The summed E-state index contributed by atoms with van der Waals surface area (Å²) in [5, 5.41) is 6.44. The molecule has 102 valence electrons. The minimum absolute atomic E-state index is 0.0707. The van der Waals surface area contributed by atoms with Crippen molar-refractivity contribution in [3.63, 3.8) is 0 Å². The summed E-state index contributed by atoms with van der Waals surface area (Å²) in [4.78, 5) is 14.4. The van der Waals surface area contributed by atoms with E-state index in [0.29, 0.717) is 6.54 Å². The SMILES string of the molecule is CC(C)(C)OC(=O)NC1(CCCCN=[N+]=[N-])CC1. The highest BCUT2D eigenvalue weighted by Crippen LogP contribution is 2.40. The molecular weight excluding hydrogens is 232 g/mol. The number of nitrogens with zero attached hydrogens (tertiary/aromatic N) is 3. The molecule has 1 aliphatic rings. The number of carbonyl (C=O) groups is 1.